The van der Waals surface area contributed by atoms with E-state index < -0.39 is 0 Å². The Hall–Kier alpha value is -1.71. The average Bonchev–Trinajstić information content (AvgIpc) is 2.35. The van der Waals surface area contributed by atoms with E-state index in [1.807, 2.05) is 43.9 Å². The number of hydrogen-bond donors (Lipinski definition) is 2. The number of aryl methyl sites for hydroxylation is 1. The zero-order chi connectivity index (χ0) is 13.5. The molecule has 0 saturated heterocycles. The summed E-state index contributed by atoms with van der Waals surface area (Å²) in [5.41, 5.74) is 8.60. The van der Waals surface area contributed by atoms with Crippen LogP contribution in [-0.2, 0) is 4.79 Å². The van der Waals surface area contributed by atoms with E-state index in [0.717, 1.165) is 30.0 Å². The molecule has 0 saturated carbocycles. The molecular weight excluding hydrogens is 226 g/mol. The Morgan fingerprint density at radius 1 is 1.33 bits per heavy atom. The fraction of sp³-hybridized carbons (Fsp3) is 0.500. The molecule has 0 aromatic heterocycles. The van der Waals surface area contributed by atoms with E-state index in [9.17, 15) is 4.79 Å². The molecule has 0 bridgehead atoms. The van der Waals surface area contributed by atoms with Crippen molar-refractivity contribution in [1.29, 1.82) is 0 Å². The Labute approximate surface area is 109 Å². The third-order valence-electron chi connectivity index (χ3n) is 3.05. The highest BCUT2D eigenvalue weighted by Gasteiger charge is 2.08. The molecule has 0 atom stereocenters. The van der Waals surface area contributed by atoms with Crippen molar-refractivity contribution < 1.29 is 4.79 Å². The van der Waals surface area contributed by atoms with Crippen molar-refractivity contribution in [2.45, 2.75) is 27.2 Å². The normalized spacial score (nSPS) is 10.2. The number of benzene rings is 1. The molecule has 4 nitrogen and oxygen atoms in total. The molecule has 0 unspecified atom stereocenters. The van der Waals surface area contributed by atoms with Crippen molar-refractivity contribution in [1.82, 2.24) is 4.90 Å². The third kappa shape index (κ3) is 3.95. The van der Waals surface area contributed by atoms with Crippen LogP contribution in [-0.4, -0.2) is 30.4 Å². The maximum atomic E-state index is 11.8. The maximum Gasteiger partial charge on any atom is 0.224 e. The first kappa shape index (κ1) is 14.4. The first-order valence-corrected chi connectivity index (χ1v) is 6.46. The number of nitrogens with zero attached hydrogens (tertiary/aromatic N) is 1. The molecule has 3 N–H and O–H groups in total. The van der Waals surface area contributed by atoms with Gasteiger partial charge in [0.2, 0.25) is 5.91 Å². The van der Waals surface area contributed by atoms with Crippen LogP contribution < -0.4 is 11.1 Å². The van der Waals surface area contributed by atoms with Gasteiger partial charge in [0.15, 0.2) is 0 Å². The van der Waals surface area contributed by atoms with Crippen LogP contribution >= 0.6 is 0 Å². The van der Waals surface area contributed by atoms with E-state index >= 15 is 0 Å². The summed E-state index contributed by atoms with van der Waals surface area (Å²) in [6.45, 7) is 8.17. The number of carbonyl (C=O) groups excluding carboxylic acids is 1. The number of nitrogen functional groups attached to an aromatic ring is 1. The Balaban J connectivity index is 2.41. The first-order chi connectivity index (χ1) is 8.58. The van der Waals surface area contributed by atoms with Gasteiger partial charge in [0.25, 0.3) is 0 Å². The zero-order valence-corrected chi connectivity index (χ0v) is 11.5. The van der Waals surface area contributed by atoms with E-state index in [4.69, 9.17) is 5.73 Å². The molecule has 1 aromatic rings. The van der Waals surface area contributed by atoms with Crippen LogP contribution in [0.25, 0.3) is 0 Å². The Morgan fingerprint density at radius 2 is 2.00 bits per heavy atom. The van der Waals surface area contributed by atoms with Crippen molar-refractivity contribution in [2.75, 3.05) is 30.7 Å². The van der Waals surface area contributed by atoms with Crippen LogP contribution in [0.3, 0.4) is 0 Å². The quantitative estimate of drug-likeness (QED) is 0.760. The molecule has 0 aliphatic heterocycles. The molecular formula is C14H23N3O. The molecule has 1 amide bonds. The Morgan fingerprint density at radius 3 is 2.56 bits per heavy atom. The lowest BCUT2D eigenvalue weighted by Gasteiger charge is -2.18. The van der Waals surface area contributed by atoms with Gasteiger partial charge in [-0.2, -0.15) is 0 Å². The van der Waals surface area contributed by atoms with Crippen molar-refractivity contribution in [3.8, 4) is 0 Å². The van der Waals surface area contributed by atoms with E-state index in [1.54, 1.807) is 0 Å². The molecule has 0 aliphatic rings. The summed E-state index contributed by atoms with van der Waals surface area (Å²) in [5, 5.41) is 3.24. The van der Waals surface area contributed by atoms with Gasteiger partial charge in [0.05, 0.1) is 0 Å². The summed E-state index contributed by atoms with van der Waals surface area (Å²) in [6, 6.07) is 5.81. The molecule has 1 aromatic carbocycles. The van der Waals surface area contributed by atoms with Gasteiger partial charge in [0, 0.05) is 37.4 Å². The summed E-state index contributed by atoms with van der Waals surface area (Å²) < 4.78 is 0. The minimum absolute atomic E-state index is 0.194. The van der Waals surface area contributed by atoms with E-state index in [2.05, 4.69) is 5.32 Å². The van der Waals surface area contributed by atoms with Gasteiger partial charge in [0.1, 0.15) is 0 Å². The summed E-state index contributed by atoms with van der Waals surface area (Å²) in [6.07, 6.45) is 0.519. The van der Waals surface area contributed by atoms with Crippen LogP contribution in [0.4, 0.5) is 11.4 Å². The lowest BCUT2D eigenvalue weighted by Crippen LogP contribution is -2.31. The van der Waals surface area contributed by atoms with Gasteiger partial charge in [-0.25, -0.2) is 0 Å². The molecule has 0 spiro atoms. The minimum atomic E-state index is 0.194. The lowest BCUT2D eigenvalue weighted by atomic mass is 10.2. The standard InChI is InChI=1S/C14H23N3O/c1-4-17(5-2)14(18)8-9-16-12-6-7-13(15)11(3)10-12/h6-7,10,16H,4-5,8-9,15H2,1-3H3. The lowest BCUT2D eigenvalue weighted by molar-refractivity contribution is -0.130. The average molecular weight is 249 g/mol. The van der Waals surface area contributed by atoms with Gasteiger partial charge in [-0.1, -0.05) is 0 Å². The SMILES string of the molecule is CCN(CC)C(=O)CCNc1ccc(N)c(C)c1. The second-order valence-corrected chi connectivity index (χ2v) is 4.31. The molecule has 1 rings (SSSR count). The van der Waals surface area contributed by atoms with Crippen LogP contribution in [0.1, 0.15) is 25.8 Å². The molecule has 0 heterocycles. The molecule has 0 aliphatic carbocycles. The number of nitrogens with one attached hydrogen (secondary N) is 1. The number of anilines is 2. The van der Waals surface area contributed by atoms with Crippen LogP contribution in [0, 0.1) is 6.92 Å². The zero-order valence-electron chi connectivity index (χ0n) is 11.5. The van der Waals surface area contributed by atoms with Crippen LogP contribution in [0.15, 0.2) is 18.2 Å². The maximum absolute atomic E-state index is 11.8. The first-order valence-electron chi connectivity index (χ1n) is 6.46. The number of hydrogen-bond acceptors (Lipinski definition) is 3. The Bertz CT molecular complexity index is 400. The van der Waals surface area contributed by atoms with E-state index in [-0.39, 0.29) is 5.91 Å². The summed E-state index contributed by atoms with van der Waals surface area (Å²) >= 11 is 0. The second-order valence-electron chi connectivity index (χ2n) is 4.31. The number of nitrogens with two attached hydrogens (primary N) is 1. The fourth-order valence-electron chi connectivity index (χ4n) is 1.83. The third-order valence-corrected chi connectivity index (χ3v) is 3.05. The molecule has 0 fully saturated rings. The summed E-state index contributed by atoms with van der Waals surface area (Å²) in [7, 11) is 0. The van der Waals surface area contributed by atoms with Crippen LogP contribution in [0.5, 0.6) is 0 Å². The van der Waals surface area contributed by atoms with Gasteiger partial charge in [-0.15, -0.1) is 0 Å². The van der Waals surface area contributed by atoms with Gasteiger partial charge >= 0.3 is 0 Å². The monoisotopic (exact) mass is 249 g/mol. The van der Waals surface area contributed by atoms with Gasteiger partial charge < -0.3 is 16.0 Å². The van der Waals surface area contributed by atoms with Crippen LogP contribution in [0.2, 0.25) is 0 Å². The van der Waals surface area contributed by atoms with Gasteiger partial charge in [-0.3, -0.25) is 4.79 Å². The predicted molar refractivity (Wildman–Crippen MR) is 76.6 cm³/mol. The van der Waals surface area contributed by atoms with Gasteiger partial charge in [-0.05, 0) is 44.5 Å². The minimum Gasteiger partial charge on any atom is -0.399 e. The highest BCUT2D eigenvalue weighted by molar-refractivity contribution is 5.76. The number of carbonyl (C=O) groups is 1. The summed E-state index contributed by atoms with van der Waals surface area (Å²) in [5.74, 6) is 0.194. The number of rotatable bonds is 6. The molecule has 4 heteroatoms. The van der Waals surface area contributed by atoms with Crippen molar-refractivity contribution >= 4 is 17.3 Å². The smallest absolute Gasteiger partial charge is 0.224 e. The van der Waals surface area contributed by atoms with Crippen molar-refractivity contribution in [2.24, 2.45) is 0 Å². The highest BCUT2D eigenvalue weighted by atomic mass is 16.2. The van der Waals surface area contributed by atoms with E-state index in [1.165, 1.54) is 0 Å². The molecule has 0 radical (unpaired) electrons. The Kier molecular flexibility index (Phi) is 5.49. The van der Waals surface area contributed by atoms with Crippen molar-refractivity contribution in [3.63, 3.8) is 0 Å². The summed E-state index contributed by atoms with van der Waals surface area (Å²) in [4.78, 5) is 13.6. The molecule has 18 heavy (non-hydrogen) atoms. The second kappa shape index (κ2) is 6.89. The largest absolute Gasteiger partial charge is 0.399 e. The predicted octanol–water partition coefficient (Wildman–Crippen LogP) is 2.25. The fourth-order valence-corrected chi connectivity index (χ4v) is 1.83. The number of amides is 1. The van der Waals surface area contributed by atoms with Crippen molar-refractivity contribution in [3.05, 3.63) is 23.8 Å². The van der Waals surface area contributed by atoms with E-state index in [0.29, 0.717) is 13.0 Å². The highest BCUT2D eigenvalue weighted by Crippen LogP contribution is 2.16. The molecule has 100 valence electrons. The topological polar surface area (TPSA) is 58.4 Å².